The monoisotopic (exact) mass is 534 g/mol. The molecule has 2 N–H and O–H groups in total. The number of nitrogens with zero attached hydrogens (tertiary/aromatic N) is 5. The Morgan fingerprint density at radius 3 is 2.76 bits per heavy atom. The zero-order chi connectivity index (χ0) is 26.7. The van der Waals surface area contributed by atoms with Crippen molar-refractivity contribution in [1.29, 1.82) is 5.26 Å². The minimum absolute atomic E-state index is 0.0987. The van der Waals surface area contributed by atoms with E-state index >= 15 is 4.39 Å². The molecule has 1 saturated heterocycles. The van der Waals surface area contributed by atoms with Crippen LogP contribution in [0.4, 0.5) is 19.7 Å². The average Bonchev–Trinajstić information content (AvgIpc) is 3.52. The Hall–Kier alpha value is -3.42. The zero-order valence-corrected chi connectivity index (χ0v) is 22.3. The standard InChI is InChI=1S/C28H28F2N6OS/c1-4-6-20-16(13(3)5-2)10-36(20)28-34-8-15-17-11-37-12-18(17)21(23(30)24(15)35-28)25-22-14(7-31)27(32)38-26(22)19(29)9-33-25/h8-9,13,16,20H,4-6,10-12,32H2,1-3H3. The van der Waals surface area contributed by atoms with Crippen LogP contribution >= 0.6 is 11.3 Å². The number of fused-ring (bicyclic) bond motifs is 4. The summed E-state index contributed by atoms with van der Waals surface area (Å²) in [6, 6.07) is 2.36. The van der Waals surface area contributed by atoms with Gasteiger partial charge in [0.2, 0.25) is 5.95 Å². The summed E-state index contributed by atoms with van der Waals surface area (Å²) in [5, 5.41) is 10.7. The number of hydrogen-bond donors (Lipinski definition) is 1. The van der Waals surface area contributed by atoms with Crippen LogP contribution in [0.5, 0.6) is 0 Å². The summed E-state index contributed by atoms with van der Waals surface area (Å²) in [4.78, 5) is 15.9. The highest BCUT2D eigenvalue weighted by Gasteiger charge is 2.42. The molecule has 4 aromatic rings. The SMILES string of the molecule is CCCC1C(C(C)CC)CN1c1ncc2c3c(c(-c4ncc(F)c5sc(N)c(C#N)c45)c(F)c2n1)COC3. The third-order valence-corrected chi connectivity index (χ3v) is 9.28. The van der Waals surface area contributed by atoms with E-state index in [-0.39, 0.29) is 50.6 Å². The fourth-order valence-corrected chi connectivity index (χ4v) is 6.93. The third kappa shape index (κ3) is 3.56. The number of ether oxygens (including phenoxy) is 1. The molecule has 1 fully saturated rings. The van der Waals surface area contributed by atoms with E-state index in [1.807, 2.05) is 6.07 Å². The topological polar surface area (TPSA) is 101 Å². The number of aromatic nitrogens is 3. The van der Waals surface area contributed by atoms with Crippen molar-refractivity contribution < 1.29 is 13.5 Å². The van der Waals surface area contributed by atoms with Crippen molar-refractivity contribution in [3.05, 3.63) is 40.7 Å². The summed E-state index contributed by atoms with van der Waals surface area (Å²) in [5.74, 6) is 0.475. The van der Waals surface area contributed by atoms with Crippen LogP contribution in [0.1, 0.15) is 56.7 Å². The predicted molar refractivity (Wildman–Crippen MR) is 145 cm³/mol. The number of hydrogen-bond acceptors (Lipinski definition) is 8. The highest BCUT2D eigenvalue weighted by atomic mass is 32.1. The third-order valence-electron chi connectivity index (χ3n) is 8.25. The van der Waals surface area contributed by atoms with Crippen molar-refractivity contribution in [3.63, 3.8) is 0 Å². The smallest absolute Gasteiger partial charge is 0.226 e. The van der Waals surface area contributed by atoms with Crippen LogP contribution in [0.15, 0.2) is 12.4 Å². The van der Waals surface area contributed by atoms with Gasteiger partial charge in [0.05, 0.1) is 35.4 Å². The van der Waals surface area contributed by atoms with Gasteiger partial charge in [0.1, 0.15) is 16.6 Å². The zero-order valence-electron chi connectivity index (χ0n) is 21.5. The van der Waals surface area contributed by atoms with Crippen molar-refractivity contribution in [2.24, 2.45) is 11.8 Å². The lowest BCUT2D eigenvalue weighted by Gasteiger charge is -2.51. The van der Waals surface area contributed by atoms with Gasteiger partial charge in [0.15, 0.2) is 11.6 Å². The molecule has 3 unspecified atom stereocenters. The first kappa shape index (κ1) is 24.9. The molecule has 6 rings (SSSR count). The number of halogens is 2. The summed E-state index contributed by atoms with van der Waals surface area (Å²) < 4.78 is 37.1. The van der Waals surface area contributed by atoms with E-state index in [2.05, 4.69) is 35.6 Å². The second kappa shape index (κ2) is 9.40. The lowest BCUT2D eigenvalue weighted by molar-refractivity contribution is 0.135. The fraction of sp³-hybridized carbons (Fsp3) is 0.429. The van der Waals surface area contributed by atoms with Crippen LogP contribution in [0.25, 0.3) is 32.2 Å². The number of nitriles is 1. The van der Waals surface area contributed by atoms with Gasteiger partial charge < -0.3 is 15.4 Å². The normalized spacial score (nSPS) is 19.5. The highest BCUT2D eigenvalue weighted by molar-refractivity contribution is 7.23. The Morgan fingerprint density at radius 2 is 2.03 bits per heavy atom. The number of anilines is 2. The molecule has 1 aromatic carbocycles. The molecule has 0 radical (unpaired) electrons. The van der Waals surface area contributed by atoms with E-state index < -0.39 is 11.6 Å². The quantitative estimate of drug-likeness (QED) is 0.309. The molecule has 0 bridgehead atoms. The summed E-state index contributed by atoms with van der Waals surface area (Å²) in [6.45, 7) is 7.95. The first-order valence-electron chi connectivity index (χ1n) is 13.0. The number of benzene rings is 1. The van der Waals surface area contributed by atoms with Gasteiger partial charge in [-0.3, -0.25) is 4.98 Å². The Kier molecular flexibility index (Phi) is 6.16. The molecule has 2 aliphatic heterocycles. The maximum Gasteiger partial charge on any atom is 0.226 e. The second-order valence-corrected chi connectivity index (χ2v) is 11.3. The lowest BCUT2D eigenvalue weighted by Crippen LogP contribution is -2.59. The van der Waals surface area contributed by atoms with Crippen molar-refractivity contribution >= 4 is 43.3 Å². The van der Waals surface area contributed by atoms with Gasteiger partial charge in [-0.25, -0.2) is 18.7 Å². The lowest BCUT2D eigenvalue weighted by atomic mass is 9.76. The number of rotatable bonds is 6. The van der Waals surface area contributed by atoms with Crippen LogP contribution in [0.2, 0.25) is 0 Å². The molecule has 196 valence electrons. The van der Waals surface area contributed by atoms with Crippen LogP contribution < -0.4 is 10.6 Å². The predicted octanol–water partition coefficient (Wildman–Crippen LogP) is 6.32. The molecule has 10 heteroatoms. The molecule has 0 spiro atoms. The Balaban J connectivity index is 1.55. The molecular weight excluding hydrogens is 506 g/mol. The van der Waals surface area contributed by atoms with Gasteiger partial charge >= 0.3 is 0 Å². The van der Waals surface area contributed by atoms with E-state index in [0.717, 1.165) is 48.9 Å². The van der Waals surface area contributed by atoms with Gasteiger partial charge in [-0.05, 0) is 29.4 Å². The summed E-state index contributed by atoms with van der Waals surface area (Å²) in [5.41, 5.74) is 8.07. The molecule has 2 aliphatic rings. The Bertz CT molecular complexity index is 1630. The molecule has 0 saturated carbocycles. The molecular formula is C28H28F2N6OS. The summed E-state index contributed by atoms with van der Waals surface area (Å²) in [6.07, 6.45) is 5.92. The number of pyridine rings is 1. The van der Waals surface area contributed by atoms with Crippen molar-refractivity contribution in [3.8, 4) is 17.3 Å². The number of nitrogens with two attached hydrogens (primary N) is 1. The van der Waals surface area contributed by atoms with Crippen LogP contribution in [-0.2, 0) is 18.0 Å². The highest BCUT2D eigenvalue weighted by Crippen LogP contribution is 2.45. The van der Waals surface area contributed by atoms with E-state index in [9.17, 15) is 9.65 Å². The minimum atomic E-state index is -0.601. The van der Waals surface area contributed by atoms with E-state index in [1.165, 1.54) is 0 Å². The van der Waals surface area contributed by atoms with Gasteiger partial charge in [-0.15, -0.1) is 11.3 Å². The Morgan fingerprint density at radius 1 is 1.24 bits per heavy atom. The van der Waals surface area contributed by atoms with Crippen LogP contribution in [0.3, 0.4) is 0 Å². The molecule has 7 nitrogen and oxygen atoms in total. The molecule has 0 amide bonds. The summed E-state index contributed by atoms with van der Waals surface area (Å²) >= 11 is 0.962. The molecule has 3 atom stereocenters. The first-order chi connectivity index (χ1) is 18.4. The average molecular weight is 535 g/mol. The van der Waals surface area contributed by atoms with Gasteiger partial charge in [-0.2, -0.15) is 5.26 Å². The fourth-order valence-electron chi connectivity index (χ4n) is 6.01. The van der Waals surface area contributed by atoms with Crippen molar-refractivity contribution in [1.82, 2.24) is 15.0 Å². The minimum Gasteiger partial charge on any atom is -0.389 e. The molecule has 38 heavy (non-hydrogen) atoms. The largest absolute Gasteiger partial charge is 0.389 e. The van der Waals surface area contributed by atoms with Crippen LogP contribution in [-0.4, -0.2) is 27.5 Å². The molecule has 3 aromatic heterocycles. The Labute approximate surface area is 223 Å². The first-order valence-corrected chi connectivity index (χ1v) is 13.8. The van der Waals surface area contributed by atoms with Gasteiger partial charge in [-0.1, -0.05) is 33.6 Å². The second-order valence-electron chi connectivity index (χ2n) is 10.2. The number of thiophene rings is 1. The van der Waals surface area contributed by atoms with Gasteiger partial charge in [0.25, 0.3) is 0 Å². The number of nitrogen functional groups attached to an aromatic ring is 1. The molecule has 0 aliphatic carbocycles. The maximum atomic E-state index is 16.5. The molecule has 5 heterocycles. The van der Waals surface area contributed by atoms with E-state index in [0.29, 0.717) is 34.8 Å². The summed E-state index contributed by atoms with van der Waals surface area (Å²) in [7, 11) is 0. The van der Waals surface area contributed by atoms with Crippen LogP contribution in [0, 0.1) is 34.8 Å². The van der Waals surface area contributed by atoms with Gasteiger partial charge in [0, 0.05) is 35.1 Å². The van der Waals surface area contributed by atoms with Crippen molar-refractivity contribution in [2.45, 2.75) is 59.3 Å². The maximum absolute atomic E-state index is 16.5. The van der Waals surface area contributed by atoms with Crippen molar-refractivity contribution in [2.75, 3.05) is 17.2 Å². The van der Waals surface area contributed by atoms with E-state index in [4.69, 9.17) is 15.5 Å². The van der Waals surface area contributed by atoms with E-state index in [1.54, 1.807) is 6.20 Å².